The first-order valence-corrected chi connectivity index (χ1v) is 6.41. The molecule has 1 N–H and O–H groups in total. The van der Waals surface area contributed by atoms with E-state index in [1.165, 1.54) is 0 Å². The molecule has 0 aliphatic heterocycles. The minimum atomic E-state index is 0.0647. The van der Waals surface area contributed by atoms with Crippen LogP contribution < -0.4 is 0 Å². The van der Waals surface area contributed by atoms with Gasteiger partial charge < -0.3 is 14.1 Å². The molecule has 3 aromatic rings. The Bertz CT molecular complexity index is 687. The average Bonchev–Trinajstić information content (AvgIpc) is 2.95. The number of aromatic nitrogens is 2. The van der Waals surface area contributed by atoms with Crippen LogP contribution in [0.5, 0.6) is 0 Å². The lowest BCUT2D eigenvalue weighted by Crippen LogP contribution is -2.03. The molecule has 2 heterocycles. The van der Waals surface area contributed by atoms with Crippen LogP contribution >= 0.6 is 15.9 Å². The van der Waals surface area contributed by atoms with Crippen molar-refractivity contribution < 1.29 is 9.52 Å². The molecule has 0 aliphatic rings. The molecule has 0 radical (unpaired) electrons. The molecule has 2 aromatic heterocycles. The molecular weight excluding hydrogens is 296 g/mol. The first-order valence-electron chi connectivity index (χ1n) is 5.61. The van der Waals surface area contributed by atoms with Gasteiger partial charge in [0.15, 0.2) is 16.3 Å². The van der Waals surface area contributed by atoms with Crippen molar-refractivity contribution >= 4 is 27.0 Å². The Morgan fingerprint density at radius 1 is 1.22 bits per heavy atom. The van der Waals surface area contributed by atoms with E-state index in [0.29, 0.717) is 17.0 Å². The second-order valence-corrected chi connectivity index (χ2v) is 4.68. The van der Waals surface area contributed by atoms with Gasteiger partial charge in [-0.05, 0) is 40.2 Å². The van der Waals surface area contributed by atoms with Crippen molar-refractivity contribution in [3.8, 4) is 11.6 Å². The van der Waals surface area contributed by atoms with Gasteiger partial charge >= 0.3 is 0 Å². The van der Waals surface area contributed by atoms with Crippen molar-refractivity contribution in [3.05, 3.63) is 41.1 Å². The van der Waals surface area contributed by atoms with Gasteiger partial charge in [-0.15, -0.1) is 0 Å². The minimum absolute atomic E-state index is 0.0647. The number of hydrogen-bond acceptors (Lipinski definition) is 3. The summed E-state index contributed by atoms with van der Waals surface area (Å²) in [5.41, 5.74) is 1.89. The van der Waals surface area contributed by atoms with Gasteiger partial charge in [0.2, 0.25) is 0 Å². The Morgan fingerprint density at radius 3 is 2.78 bits per heavy atom. The second kappa shape index (κ2) is 4.59. The van der Waals surface area contributed by atoms with Crippen LogP contribution in [0.1, 0.15) is 0 Å². The van der Waals surface area contributed by atoms with Crippen LogP contribution in [0.25, 0.3) is 22.6 Å². The number of aliphatic hydroxyl groups is 1. The van der Waals surface area contributed by atoms with Crippen molar-refractivity contribution in [3.63, 3.8) is 0 Å². The third kappa shape index (κ3) is 1.85. The Hall–Kier alpha value is -1.59. The average molecular weight is 307 g/mol. The van der Waals surface area contributed by atoms with Crippen LogP contribution in [0.4, 0.5) is 0 Å². The fourth-order valence-electron chi connectivity index (χ4n) is 2.02. The molecule has 92 valence electrons. The number of fused-ring (bicyclic) bond motifs is 1. The zero-order valence-electron chi connectivity index (χ0n) is 9.51. The summed E-state index contributed by atoms with van der Waals surface area (Å²) >= 11 is 3.28. The SMILES string of the molecule is OCCn1c(-c2ccc(Br)o2)nc2ccccc21. The van der Waals surface area contributed by atoms with E-state index in [-0.39, 0.29) is 6.61 Å². The number of imidazole rings is 1. The molecule has 1 aromatic carbocycles. The first kappa shape index (κ1) is 11.5. The van der Waals surface area contributed by atoms with Crippen LogP contribution in [0, 0.1) is 0 Å². The van der Waals surface area contributed by atoms with E-state index in [1.54, 1.807) is 0 Å². The van der Waals surface area contributed by atoms with E-state index >= 15 is 0 Å². The molecule has 4 nitrogen and oxygen atoms in total. The maximum Gasteiger partial charge on any atom is 0.177 e. The van der Waals surface area contributed by atoms with E-state index in [0.717, 1.165) is 16.9 Å². The van der Waals surface area contributed by atoms with Gasteiger partial charge in [-0.3, -0.25) is 0 Å². The van der Waals surface area contributed by atoms with Gasteiger partial charge in [-0.25, -0.2) is 4.98 Å². The van der Waals surface area contributed by atoms with Gasteiger partial charge in [-0.2, -0.15) is 0 Å². The van der Waals surface area contributed by atoms with Crippen molar-refractivity contribution in [2.45, 2.75) is 6.54 Å². The molecular formula is C13H11BrN2O2. The number of nitrogens with zero attached hydrogens (tertiary/aromatic N) is 2. The lowest BCUT2D eigenvalue weighted by atomic mass is 10.3. The smallest absolute Gasteiger partial charge is 0.177 e. The van der Waals surface area contributed by atoms with Crippen LogP contribution in [-0.2, 0) is 6.54 Å². The van der Waals surface area contributed by atoms with Gasteiger partial charge in [0, 0.05) is 6.54 Å². The molecule has 0 amide bonds. The molecule has 0 fully saturated rings. The van der Waals surface area contributed by atoms with Gasteiger partial charge in [0.1, 0.15) is 0 Å². The quantitative estimate of drug-likeness (QED) is 0.809. The predicted octanol–water partition coefficient (Wildman–Crippen LogP) is 3.05. The number of halogens is 1. The number of hydrogen-bond donors (Lipinski definition) is 1. The summed E-state index contributed by atoms with van der Waals surface area (Å²) in [5.74, 6) is 1.42. The summed E-state index contributed by atoms with van der Waals surface area (Å²) in [7, 11) is 0. The molecule has 5 heteroatoms. The number of aliphatic hydroxyl groups excluding tert-OH is 1. The molecule has 0 aliphatic carbocycles. The highest BCUT2D eigenvalue weighted by Gasteiger charge is 2.14. The molecule has 18 heavy (non-hydrogen) atoms. The highest BCUT2D eigenvalue weighted by molar-refractivity contribution is 9.10. The maximum atomic E-state index is 9.19. The second-order valence-electron chi connectivity index (χ2n) is 3.90. The Morgan fingerprint density at radius 2 is 2.06 bits per heavy atom. The van der Waals surface area contributed by atoms with E-state index < -0.39 is 0 Å². The van der Waals surface area contributed by atoms with E-state index in [1.807, 2.05) is 41.0 Å². The van der Waals surface area contributed by atoms with Crippen LogP contribution in [0.3, 0.4) is 0 Å². The maximum absolute atomic E-state index is 9.19. The normalized spacial score (nSPS) is 11.2. The molecule has 0 unspecified atom stereocenters. The van der Waals surface area contributed by atoms with E-state index in [9.17, 15) is 5.11 Å². The third-order valence-corrected chi connectivity index (χ3v) is 3.20. The standard InChI is InChI=1S/C13H11BrN2O2/c14-12-6-5-11(18-12)13-15-9-3-1-2-4-10(9)16(13)7-8-17/h1-6,17H,7-8H2. The molecule has 0 atom stereocenters. The largest absolute Gasteiger partial charge is 0.446 e. The zero-order chi connectivity index (χ0) is 12.5. The predicted molar refractivity (Wildman–Crippen MR) is 72.2 cm³/mol. The number of para-hydroxylation sites is 2. The summed E-state index contributed by atoms with van der Waals surface area (Å²) in [6.07, 6.45) is 0. The van der Waals surface area contributed by atoms with Crippen molar-refractivity contribution in [2.24, 2.45) is 0 Å². The molecule has 0 spiro atoms. The Labute approximate surface area is 112 Å². The lowest BCUT2D eigenvalue weighted by molar-refractivity contribution is 0.278. The Kier molecular flexibility index (Phi) is 2.93. The molecule has 0 saturated heterocycles. The van der Waals surface area contributed by atoms with Gasteiger partial charge in [-0.1, -0.05) is 12.1 Å². The molecule has 0 bridgehead atoms. The summed E-state index contributed by atoms with van der Waals surface area (Å²) in [5, 5.41) is 9.19. The lowest BCUT2D eigenvalue weighted by Gasteiger charge is -2.04. The van der Waals surface area contributed by atoms with E-state index in [2.05, 4.69) is 20.9 Å². The number of rotatable bonds is 3. The molecule has 0 saturated carbocycles. The zero-order valence-corrected chi connectivity index (χ0v) is 11.1. The van der Waals surface area contributed by atoms with Gasteiger partial charge in [0.05, 0.1) is 17.6 Å². The topological polar surface area (TPSA) is 51.2 Å². The van der Waals surface area contributed by atoms with Crippen LogP contribution in [-0.4, -0.2) is 21.3 Å². The van der Waals surface area contributed by atoms with E-state index in [4.69, 9.17) is 4.42 Å². The first-order chi connectivity index (χ1) is 8.79. The number of benzene rings is 1. The number of furan rings is 1. The van der Waals surface area contributed by atoms with Crippen molar-refractivity contribution in [1.82, 2.24) is 9.55 Å². The summed E-state index contributed by atoms with van der Waals surface area (Å²) < 4.78 is 8.16. The van der Waals surface area contributed by atoms with Crippen LogP contribution in [0.2, 0.25) is 0 Å². The highest BCUT2D eigenvalue weighted by atomic mass is 79.9. The van der Waals surface area contributed by atoms with Crippen LogP contribution in [0.15, 0.2) is 45.5 Å². The van der Waals surface area contributed by atoms with Gasteiger partial charge in [0.25, 0.3) is 0 Å². The highest BCUT2D eigenvalue weighted by Crippen LogP contribution is 2.27. The fourth-order valence-corrected chi connectivity index (χ4v) is 2.33. The molecule has 3 rings (SSSR count). The Balaban J connectivity index is 2.24. The fraction of sp³-hybridized carbons (Fsp3) is 0.154. The summed E-state index contributed by atoms with van der Waals surface area (Å²) in [6, 6.07) is 11.5. The third-order valence-electron chi connectivity index (χ3n) is 2.77. The summed E-state index contributed by atoms with van der Waals surface area (Å²) in [4.78, 5) is 4.55. The van der Waals surface area contributed by atoms with Crippen molar-refractivity contribution in [2.75, 3.05) is 6.61 Å². The summed E-state index contributed by atoms with van der Waals surface area (Å²) in [6.45, 7) is 0.559. The minimum Gasteiger partial charge on any atom is -0.446 e. The van der Waals surface area contributed by atoms with Crippen molar-refractivity contribution in [1.29, 1.82) is 0 Å². The monoisotopic (exact) mass is 306 g/mol.